The molecule has 0 amide bonds. The molecule has 0 aromatic heterocycles. The summed E-state index contributed by atoms with van der Waals surface area (Å²) in [6, 6.07) is 1.77. The van der Waals surface area contributed by atoms with Crippen LogP contribution in [0, 0.1) is 0 Å². The smallest absolute Gasteiger partial charge is 0.287 e. The Morgan fingerprint density at radius 2 is 1.30 bits per heavy atom. The van der Waals surface area contributed by atoms with Gasteiger partial charge in [0.1, 0.15) is 0 Å². The van der Waals surface area contributed by atoms with Gasteiger partial charge in [-0.05, 0) is 18.2 Å². The molecule has 0 saturated heterocycles. The van der Waals surface area contributed by atoms with Crippen molar-refractivity contribution in [3.05, 3.63) is 33.8 Å². The fraction of sp³-hybridized carbons (Fsp3) is 0.364. The minimum absolute atomic E-state index is 0.220. The van der Waals surface area contributed by atoms with Crippen molar-refractivity contribution in [2.75, 3.05) is 0 Å². The molecule has 0 aliphatic carbocycles. The molecule has 1 nitrogen and oxygen atoms in total. The quantitative estimate of drug-likeness (QED) is 0.478. The van der Waals surface area contributed by atoms with Crippen LogP contribution in [0.2, 0.25) is 10.0 Å². The van der Waals surface area contributed by atoms with Gasteiger partial charge in [0.15, 0.2) is 0 Å². The number of hydrogen-bond acceptors (Lipinski definition) is 1. The molecule has 0 unspecified atom stereocenters. The standard InChI is InChI=1S/C11H3Cl2F9O/c12-4-1-2-5(6(13)3-4)7(23)8(14,15)9(16,17)10(18,19)11(20,21)22/h1-3H. The summed E-state index contributed by atoms with van der Waals surface area (Å²) in [7, 11) is 0. The number of alkyl halides is 9. The monoisotopic (exact) mass is 392 g/mol. The van der Waals surface area contributed by atoms with Crippen molar-refractivity contribution >= 4 is 29.0 Å². The van der Waals surface area contributed by atoms with Crippen LogP contribution < -0.4 is 0 Å². The lowest BCUT2D eigenvalue weighted by Gasteiger charge is -2.32. The summed E-state index contributed by atoms with van der Waals surface area (Å²) in [5, 5.41) is -1.14. The number of rotatable bonds is 4. The lowest BCUT2D eigenvalue weighted by Crippen LogP contribution is -2.63. The Bertz CT molecular complexity index is 624. The number of halogens is 11. The summed E-state index contributed by atoms with van der Waals surface area (Å²) in [4.78, 5) is 11.4. The van der Waals surface area contributed by atoms with Gasteiger partial charge in [0.2, 0.25) is 5.78 Å². The van der Waals surface area contributed by atoms with Crippen molar-refractivity contribution in [1.82, 2.24) is 0 Å². The van der Waals surface area contributed by atoms with Crippen LogP contribution in [0.3, 0.4) is 0 Å². The second-order valence-corrected chi connectivity index (χ2v) is 5.02. The highest BCUT2D eigenvalue weighted by atomic mass is 35.5. The molecule has 1 aromatic rings. The largest absolute Gasteiger partial charge is 0.460 e. The van der Waals surface area contributed by atoms with Gasteiger partial charge in [-0.3, -0.25) is 4.79 Å². The van der Waals surface area contributed by atoms with E-state index in [1.165, 1.54) is 0 Å². The van der Waals surface area contributed by atoms with E-state index >= 15 is 0 Å². The Balaban J connectivity index is 3.42. The van der Waals surface area contributed by atoms with Gasteiger partial charge in [0.05, 0.1) is 5.02 Å². The molecule has 0 saturated carbocycles. The summed E-state index contributed by atoms with van der Waals surface area (Å²) in [5.41, 5.74) is -1.39. The zero-order valence-corrected chi connectivity index (χ0v) is 11.8. The van der Waals surface area contributed by atoms with Crippen LogP contribution >= 0.6 is 23.2 Å². The first-order valence-corrected chi connectivity index (χ1v) is 6.03. The van der Waals surface area contributed by atoms with E-state index in [4.69, 9.17) is 23.2 Å². The number of carbonyl (C=O) groups excluding carboxylic acids is 1. The first kappa shape index (κ1) is 19.9. The molecule has 0 N–H and O–H groups in total. The Labute approximate surface area is 132 Å². The van der Waals surface area contributed by atoms with Gasteiger partial charge in [-0.2, -0.15) is 39.5 Å². The van der Waals surface area contributed by atoms with Gasteiger partial charge in [-0.15, -0.1) is 0 Å². The van der Waals surface area contributed by atoms with Gasteiger partial charge in [0.25, 0.3) is 0 Å². The predicted octanol–water partition coefficient (Wildman–Crippen LogP) is 5.64. The van der Waals surface area contributed by atoms with E-state index in [2.05, 4.69) is 0 Å². The Kier molecular flexibility index (Phi) is 4.95. The maximum absolute atomic E-state index is 13.4. The molecule has 130 valence electrons. The third-order valence-electron chi connectivity index (χ3n) is 2.61. The molecule has 12 heteroatoms. The maximum Gasteiger partial charge on any atom is 0.460 e. The van der Waals surface area contributed by atoms with Crippen LogP contribution in [-0.2, 0) is 0 Å². The van der Waals surface area contributed by atoms with Crippen LogP contribution in [-0.4, -0.2) is 29.7 Å². The predicted molar refractivity (Wildman–Crippen MR) is 61.7 cm³/mol. The first-order chi connectivity index (χ1) is 10.1. The molecule has 0 atom stereocenters. The summed E-state index contributed by atoms with van der Waals surface area (Å²) >= 11 is 10.6. The molecule has 0 radical (unpaired) electrons. The number of carbonyl (C=O) groups is 1. The molecular formula is C11H3Cl2F9O. The van der Waals surface area contributed by atoms with Gasteiger partial charge >= 0.3 is 23.9 Å². The third kappa shape index (κ3) is 3.10. The first-order valence-electron chi connectivity index (χ1n) is 5.27. The number of Topliss-reactive ketones (excluding diaryl/α,β-unsaturated/α-hetero) is 1. The summed E-state index contributed by atoms with van der Waals surface area (Å²) in [6.45, 7) is 0. The van der Waals surface area contributed by atoms with E-state index in [-0.39, 0.29) is 5.02 Å². The molecule has 0 aliphatic heterocycles. The van der Waals surface area contributed by atoms with Crippen LogP contribution in [0.15, 0.2) is 18.2 Å². The second-order valence-electron chi connectivity index (χ2n) is 4.17. The van der Waals surface area contributed by atoms with E-state index in [1.54, 1.807) is 0 Å². The lowest BCUT2D eigenvalue weighted by molar-refractivity contribution is -0.386. The highest BCUT2D eigenvalue weighted by molar-refractivity contribution is 6.37. The fourth-order valence-corrected chi connectivity index (χ4v) is 1.85. The lowest BCUT2D eigenvalue weighted by atomic mass is 9.96. The molecule has 0 bridgehead atoms. The minimum atomic E-state index is -7.15. The molecule has 0 heterocycles. The molecule has 0 fully saturated rings. The summed E-state index contributed by atoms with van der Waals surface area (Å²) < 4.78 is 114. The molecular weight excluding hydrogens is 390 g/mol. The molecule has 0 spiro atoms. The van der Waals surface area contributed by atoms with Gasteiger partial charge in [-0.25, -0.2) is 0 Å². The summed E-state index contributed by atoms with van der Waals surface area (Å²) in [5.74, 6) is -23.6. The maximum atomic E-state index is 13.4. The molecule has 1 rings (SSSR count). The normalized spacial score (nSPS) is 14.0. The van der Waals surface area contributed by atoms with Crippen LogP contribution in [0.1, 0.15) is 10.4 Å². The van der Waals surface area contributed by atoms with Crippen molar-refractivity contribution in [2.24, 2.45) is 0 Å². The minimum Gasteiger partial charge on any atom is -0.287 e. The molecule has 1 aromatic carbocycles. The molecule has 0 aliphatic rings. The van der Waals surface area contributed by atoms with Crippen molar-refractivity contribution in [3.63, 3.8) is 0 Å². The van der Waals surface area contributed by atoms with E-state index in [1.807, 2.05) is 0 Å². The van der Waals surface area contributed by atoms with Crippen LogP contribution in [0.25, 0.3) is 0 Å². The average Bonchev–Trinajstić information content (AvgIpc) is 2.36. The fourth-order valence-electron chi connectivity index (χ4n) is 1.36. The van der Waals surface area contributed by atoms with Crippen molar-refractivity contribution < 1.29 is 44.3 Å². The topological polar surface area (TPSA) is 17.1 Å². The van der Waals surface area contributed by atoms with Gasteiger partial charge < -0.3 is 0 Å². The average molecular weight is 393 g/mol. The summed E-state index contributed by atoms with van der Waals surface area (Å²) in [6.07, 6.45) is -7.01. The Hall–Kier alpha value is -1.16. The highest BCUT2D eigenvalue weighted by Crippen LogP contribution is 2.54. The molecule has 23 heavy (non-hydrogen) atoms. The van der Waals surface area contributed by atoms with Gasteiger partial charge in [-0.1, -0.05) is 23.2 Å². The van der Waals surface area contributed by atoms with Gasteiger partial charge in [0, 0.05) is 10.6 Å². The van der Waals surface area contributed by atoms with E-state index in [0.29, 0.717) is 12.1 Å². The van der Waals surface area contributed by atoms with E-state index < -0.39 is 40.3 Å². The Morgan fingerprint density at radius 1 is 0.826 bits per heavy atom. The van der Waals surface area contributed by atoms with Crippen molar-refractivity contribution in [3.8, 4) is 0 Å². The van der Waals surface area contributed by atoms with E-state index in [0.717, 1.165) is 6.07 Å². The van der Waals surface area contributed by atoms with Crippen molar-refractivity contribution in [2.45, 2.75) is 23.9 Å². The SMILES string of the molecule is O=C(c1ccc(Cl)cc1Cl)C(F)(F)C(F)(F)C(F)(F)C(F)(F)F. The van der Waals surface area contributed by atoms with Crippen LogP contribution in [0.5, 0.6) is 0 Å². The second kappa shape index (κ2) is 5.73. The Morgan fingerprint density at radius 3 is 1.70 bits per heavy atom. The van der Waals surface area contributed by atoms with Crippen molar-refractivity contribution in [1.29, 1.82) is 0 Å². The highest BCUT2D eigenvalue weighted by Gasteiger charge is 2.83. The van der Waals surface area contributed by atoms with Crippen LogP contribution in [0.4, 0.5) is 39.5 Å². The number of ketones is 1. The third-order valence-corrected chi connectivity index (χ3v) is 3.15. The zero-order chi connectivity index (χ0) is 18.4. The number of benzene rings is 1. The number of hydrogen-bond donors (Lipinski definition) is 0. The zero-order valence-electron chi connectivity index (χ0n) is 10.3. The van der Waals surface area contributed by atoms with E-state index in [9.17, 15) is 44.3 Å².